The second-order valence-electron chi connectivity index (χ2n) is 4.18. The molecule has 0 saturated heterocycles. The summed E-state index contributed by atoms with van der Waals surface area (Å²) in [6.07, 6.45) is 3.60. The Morgan fingerprint density at radius 3 is 2.65 bits per heavy atom. The number of rotatable bonds is 5. The molecule has 0 saturated carbocycles. The molecule has 0 atom stereocenters. The van der Waals surface area contributed by atoms with Crippen molar-refractivity contribution in [1.29, 1.82) is 0 Å². The van der Waals surface area contributed by atoms with E-state index >= 15 is 0 Å². The average Bonchev–Trinajstić information content (AvgIpc) is 2.81. The number of aromatic amines is 1. The quantitative estimate of drug-likeness (QED) is 0.853. The van der Waals surface area contributed by atoms with Crippen LogP contribution in [0, 0.1) is 0 Å². The minimum atomic E-state index is 0.521. The molecule has 0 fully saturated rings. The van der Waals surface area contributed by atoms with Crippen molar-refractivity contribution in [2.75, 3.05) is 0 Å². The maximum atomic E-state index is 4.19. The van der Waals surface area contributed by atoms with Crippen molar-refractivity contribution in [2.45, 2.75) is 36.5 Å². The van der Waals surface area contributed by atoms with Crippen LogP contribution in [0.3, 0.4) is 0 Å². The topological polar surface area (TPSA) is 40.7 Å². The summed E-state index contributed by atoms with van der Waals surface area (Å²) in [5.41, 5.74) is 1.31. The molecule has 0 bridgehead atoms. The molecule has 1 aromatic heterocycles. The third kappa shape index (κ3) is 3.91. The maximum Gasteiger partial charge on any atom is 0.170 e. The minimum absolute atomic E-state index is 0.521. The second-order valence-corrected chi connectivity index (χ2v) is 5.24. The van der Waals surface area contributed by atoms with Crippen LogP contribution in [0.2, 0.25) is 0 Å². The Morgan fingerprint density at radius 1 is 1.29 bits per heavy atom. The molecule has 0 aliphatic carbocycles. The van der Waals surface area contributed by atoms with Gasteiger partial charge >= 0.3 is 0 Å². The first kappa shape index (κ1) is 12.2. The molecule has 2 rings (SSSR count). The molecule has 0 aliphatic heterocycles. The highest BCUT2D eigenvalue weighted by Crippen LogP contribution is 2.24. The number of aromatic nitrogens is 2. The molecule has 4 heteroatoms. The number of hydrogen-bond donors (Lipinski definition) is 2. The van der Waals surface area contributed by atoms with Crippen LogP contribution in [0.15, 0.2) is 46.7 Å². The number of imidazole rings is 1. The first-order chi connectivity index (χ1) is 8.24. The van der Waals surface area contributed by atoms with E-state index < -0.39 is 0 Å². The molecule has 2 aromatic rings. The van der Waals surface area contributed by atoms with Gasteiger partial charge in [-0.3, -0.25) is 0 Å². The number of nitrogens with one attached hydrogen (secondary N) is 2. The molecule has 1 aromatic carbocycles. The van der Waals surface area contributed by atoms with E-state index in [1.807, 2.05) is 6.20 Å². The first-order valence-corrected chi connectivity index (χ1v) is 6.55. The van der Waals surface area contributed by atoms with Gasteiger partial charge in [0, 0.05) is 29.9 Å². The minimum Gasteiger partial charge on any atom is -0.339 e. The third-order valence-electron chi connectivity index (χ3n) is 2.33. The molecule has 17 heavy (non-hydrogen) atoms. The van der Waals surface area contributed by atoms with Gasteiger partial charge in [0.1, 0.15) is 0 Å². The van der Waals surface area contributed by atoms with Crippen molar-refractivity contribution in [1.82, 2.24) is 15.3 Å². The van der Waals surface area contributed by atoms with E-state index in [4.69, 9.17) is 0 Å². The zero-order chi connectivity index (χ0) is 12.1. The summed E-state index contributed by atoms with van der Waals surface area (Å²) in [6, 6.07) is 9.09. The average molecular weight is 247 g/mol. The number of nitrogens with zero attached hydrogens (tertiary/aromatic N) is 1. The number of H-pyrrole nitrogens is 1. The van der Waals surface area contributed by atoms with E-state index in [-0.39, 0.29) is 0 Å². The monoisotopic (exact) mass is 247 g/mol. The Labute approximate surface area is 106 Å². The molecule has 0 spiro atoms. The fraction of sp³-hybridized carbons (Fsp3) is 0.308. The fourth-order valence-corrected chi connectivity index (χ4v) is 2.15. The normalized spacial score (nSPS) is 11.0. The van der Waals surface area contributed by atoms with Crippen molar-refractivity contribution < 1.29 is 0 Å². The summed E-state index contributed by atoms with van der Waals surface area (Å²) >= 11 is 1.64. The Hall–Kier alpha value is -1.26. The lowest BCUT2D eigenvalue weighted by atomic mass is 10.2. The highest BCUT2D eigenvalue weighted by Gasteiger charge is 2.00. The lowest BCUT2D eigenvalue weighted by Gasteiger charge is -2.08. The molecule has 0 amide bonds. The standard InChI is InChI=1S/C13H17N3S/c1-10(2)16-9-11-3-5-12(6-4-11)17-13-14-7-8-15-13/h3-8,10,16H,9H2,1-2H3,(H,14,15). The Morgan fingerprint density at radius 2 is 2.06 bits per heavy atom. The fourth-order valence-electron chi connectivity index (χ4n) is 1.42. The molecule has 0 radical (unpaired) electrons. The van der Waals surface area contributed by atoms with Gasteiger partial charge in [0.25, 0.3) is 0 Å². The van der Waals surface area contributed by atoms with Crippen molar-refractivity contribution in [3.63, 3.8) is 0 Å². The third-order valence-corrected chi connectivity index (χ3v) is 3.25. The van der Waals surface area contributed by atoms with Crippen LogP contribution in [0.4, 0.5) is 0 Å². The summed E-state index contributed by atoms with van der Waals surface area (Å²) in [6.45, 7) is 5.23. The van der Waals surface area contributed by atoms with Crippen LogP contribution < -0.4 is 5.32 Å². The van der Waals surface area contributed by atoms with Crippen molar-refractivity contribution in [2.24, 2.45) is 0 Å². The van der Waals surface area contributed by atoms with Crippen molar-refractivity contribution in [3.8, 4) is 0 Å². The molecule has 0 aliphatic rings. The lowest BCUT2D eigenvalue weighted by molar-refractivity contribution is 0.588. The summed E-state index contributed by atoms with van der Waals surface area (Å²) in [4.78, 5) is 8.47. The molecular weight excluding hydrogens is 230 g/mol. The molecule has 2 N–H and O–H groups in total. The SMILES string of the molecule is CC(C)NCc1ccc(Sc2ncc[nH]2)cc1. The smallest absolute Gasteiger partial charge is 0.170 e. The highest BCUT2D eigenvalue weighted by molar-refractivity contribution is 7.99. The first-order valence-electron chi connectivity index (χ1n) is 5.73. The van der Waals surface area contributed by atoms with Crippen LogP contribution in [0.1, 0.15) is 19.4 Å². The Balaban J connectivity index is 1.93. The van der Waals surface area contributed by atoms with Gasteiger partial charge in [-0.05, 0) is 17.7 Å². The van der Waals surface area contributed by atoms with Gasteiger partial charge in [0.15, 0.2) is 5.16 Å². The molecule has 1 heterocycles. The van der Waals surface area contributed by atoms with Gasteiger partial charge in [-0.2, -0.15) is 0 Å². The van der Waals surface area contributed by atoms with E-state index in [0.29, 0.717) is 6.04 Å². The van der Waals surface area contributed by atoms with Gasteiger partial charge in [-0.1, -0.05) is 37.7 Å². The number of hydrogen-bond acceptors (Lipinski definition) is 3. The van der Waals surface area contributed by atoms with E-state index in [0.717, 1.165) is 11.7 Å². The predicted octanol–water partition coefficient (Wildman–Crippen LogP) is 3.06. The van der Waals surface area contributed by atoms with Crippen LogP contribution in [0.5, 0.6) is 0 Å². The highest BCUT2D eigenvalue weighted by atomic mass is 32.2. The van der Waals surface area contributed by atoms with Crippen LogP contribution in [-0.2, 0) is 6.54 Å². The van der Waals surface area contributed by atoms with Gasteiger partial charge in [0.2, 0.25) is 0 Å². The van der Waals surface area contributed by atoms with Gasteiger partial charge in [-0.25, -0.2) is 4.98 Å². The van der Waals surface area contributed by atoms with Crippen molar-refractivity contribution >= 4 is 11.8 Å². The largest absolute Gasteiger partial charge is 0.339 e. The van der Waals surface area contributed by atoms with Gasteiger partial charge in [-0.15, -0.1) is 0 Å². The summed E-state index contributed by atoms with van der Waals surface area (Å²) in [7, 11) is 0. The van der Waals surface area contributed by atoms with Crippen LogP contribution >= 0.6 is 11.8 Å². The van der Waals surface area contributed by atoms with E-state index in [2.05, 4.69) is 53.4 Å². The molecule has 0 unspecified atom stereocenters. The molecule has 3 nitrogen and oxygen atoms in total. The Kier molecular flexibility index (Phi) is 4.23. The summed E-state index contributed by atoms with van der Waals surface area (Å²) in [5, 5.41) is 4.33. The zero-order valence-corrected chi connectivity index (χ0v) is 10.9. The Bertz CT molecular complexity index is 434. The number of benzene rings is 1. The predicted molar refractivity (Wildman–Crippen MR) is 71.1 cm³/mol. The van der Waals surface area contributed by atoms with Gasteiger partial charge in [0.05, 0.1) is 0 Å². The van der Waals surface area contributed by atoms with Crippen LogP contribution in [0.25, 0.3) is 0 Å². The second kappa shape index (κ2) is 5.89. The maximum absolute atomic E-state index is 4.19. The van der Waals surface area contributed by atoms with Crippen molar-refractivity contribution in [3.05, 3.63) is 42.2 Å². The van der Waals surface area contributed by atoms with E-state index in [1.165, 1.54) is 10.5 Å². The van der Waals surface area contributed by atoms with Crippen LogP contribution in [-0.4, -0.2) is 16.0 Å². The summed E-state index contributed by atoms with van der Waals surface area (Å²) in [5.74, 6) is 0. The van der Waals surface area contributed by atoms with E-state index in [1.54, 1.807) is 18.0 Å². The van der Waals surface area contributed by atoms with E-state index in [9.17, 15) is 0 Å². The molecule has 90 valence electrons. The molecular formula is C13H17N3S. The zero-order valence-electron chi connectivity index (χ0n) is 10.1. The summed E-state index contributed by atoms with van der Waals surface area (Å²) < 4.78 is 0. The lowest BCUT2D eigenvalue weighted by Crippen LogP contribution is -2.21. The van der Waals surface area contributed by atoms with Gasteiger partial charge < -0.3 is 10.3 Å².